The number of thiocarbonyl (C=S) groups is 1. The summed E-state index contributed by atoms with van der Waals surface area (Å²) in [6, 6.07) is 4.09. The number of aromatic amines is 1. The van der Waals surface area contributed by atoms with Gasteiger partial charge in [0.15, 0.2) is 5.69 Å². The Hall–Kier alpha value is -2.06. The lowest BCUT2D eigenvalue weighted by Gasteiger charge is -2.03. The van der Waals surface area contributed by atoms with Crippen LogP contribution in [0.5, 0.6) is 5.88 Å². The van der Waals surface area contributed by atoms with Crippen LogP contribution in [0.3, 0.4) is 0 Å². The van der Waals surface area contributed by atoms with Gasteiger partial charge in [-0.3, -0.25) is 0 Å². The Labute approximate surface area is 132 Å². The monoisotopic (exact) mass is 324 g/mol. The van der Waals surface area contributed by atoms with Gasteiger partial charge in [0.05, 0.1) is 5.52 Å². The molecule has 0 unspecified atom stereocenters. The second-order valence-corrected chi connectivity index (χ2v) is 4.88. The van der Waals surface area contributed by atoms with Gasteiger partial charge in [0.2, 0.25) is 11.0 Å². The van der Waals surface area contributed by atoms with Crippen LogP contribution in [0.2, 0.25) is 0 Å². The number of aromatic hydroxyl groups is 1. The maximum Gasteiger partial charge on any atom is 0.218 e. The van der Waals surface area contributed by atoms with Crippen molar-refractivity contribution in [3.05, 3.63) is 24.0 Å². The number of H-pyrrole nitrogens is 1. The first kappa shape index (κ1) is 16.3. The van der Waals surface area contributed by atoms with Crippen LogP contribution in [0.4, 0.5) is 10.1 Å². The van der Waals surface area contributed by atoms with Gasteiger partial charge >= 0.3 is 0 Å². The van der Waals surface area contributed by atoms with E-state index in [1.165, 1.54) is 18.2 Å². The molecule has 0 bridgehead atoms. The van der Waals surface area contributed by atoms with E-state index in [0.29, 0.717) is 30.7 Å². The van der Waals surface area contributed by atoms with Crippen molar-refractivity contribution in [3.63, 3.8) is 0 Å². The molecule has 2 aromatic rings. The van der Waals surface area contributed by atoms with Gasteiger partial charge in [-0.05, 0) is 43.8 Å². The highest BCUT2D eigenvalue weighted by Crippen LogP contribution is 2.35. The SMILES string of the molecule is CCOCCCNC(=S)N=Nc1c(O)[nH]c2ccc(F)cc12. The smallest absolute Gasteiger partial charge is 0.218 e. The second kappa shape index (κ2) is 7.81. The summed E-state index contributed by atoms with van der Waals surface area (Å²) in [5.74, 6) is -0.594. The zero-order chi connectivity index (χ0) is 15.9. The van der Waals surface area contributed by atoms with Crippen LogP contribution < -0.4 is 5.32 Å². The van der Waals surface area contributed by atoms with E-state index in [0.717, 1.165) is 6.42 Å². The fourth-order valence-corrected chi connectivity index (χ4v) is 2.02. The summed E-state index contributed by atoms with van der Waals surface area (Å²) in [7, 11) is 0. The van der Waals surface area contributed by atoms with E-state index in [2.05, 4.69) is 20.5 Å². The lowest BCUT2D eigenvalue weighted by atomic mass is 10.2. The molecule has 2 rings (SSSR count). The van der Waals surface area contributed by atoms with Crippen LogP contribution in [0, 0.1) is 5.82 Å². The van der Waals surface area contributed by atoms with Gasteiger partial charge in [-0.2, -0.15) is 0 Å². The molecule has 0 saturated carbocycles. The fraction of sp³-hybridized carbons (Fsp3) is 0.357. The van der Waals surface area contributed by atoms with E-state index in [1.54, 1.807) is 0 Å². The van der Waals surface area contributed by atoms with Crippen molar-refractivity contribution in [2.75, 3.05) is 19.8 Å². The average molecular weight is 324 g/mol. The minimum absolute atomic E-state index is 0.160. The van der Waals surface area contributed by atoms with Crippen molar-refractivity contribution in [3.8, 4) is 5.88 Å². The van der Waals surface area contributed by atoms with Gasteiger partial charge in [-0.15, -0.1) is 10.2 Å². The first-order chi connectivity index (χ1) is 10.6. The van der Waals surface area contributed by atoms with E-state index in [1.807, 2.05) is 6.92 Å². The quantitative estimate of drug-likeness (QED) is 0.432. The highest BCUT2D eigenvalue weighted by Gasteiger charge is 2.11. The number of hydrogen-bond donors (Lipinski definition) is 3. The van der Waals surface area contributed by atoms with Crippen molar-refractivity contribution in [1.82, 2.24) is 10.3 Å². The Kier molecular flexibility index (Phi) is 5.79. The lowest BCUT2D eigenvalue weighted by molar-refractivity contribution is 0.146. The Morgan fingerprint density at radius 1 is 1.50 bits per heavy atom. The van der Waals surface area contributed by atoms with Crippen molar-refractivity contribution in [2.24, 2.45) is 10.2 Å². The van der Waals surface area contributed by atoms with Crippen molar-refractivity contribution in [1.29, 1.82) is 0 Å². The first-order valence-electron chi connectivity index (χ1n) is 6.89. The third-order valence-electron chi connectivity index (χ3n) is 2.90. The minimum atomic E-state index is -0.417. The van der Waals surface area contributed by atoms with Crippen LogP contribution in [-0.2, 0) is 4.74 Å². The summed E-state index contributed by atoms with van der Waals surface area (Å²) in [6.07, 6.45) is 0.799. The molecule has 1 aromatic carbocycles. The number of nitrogens with zero attached hydrogens (tertiary/aromatic N) is 2. The molecule has 0 aliphatic heterocycles. The lowest BCUT2D eigenvalue weighted by Crippen LogP contribution is -2.21. The standard InChI is InChI=1S/C14H17FN4O2S/c1-2-21-7-3-6-16-14(22)19-18-12-10-8-9(15)4-5-11(10)17-13(12)20/h4-5,8,17,20H,2-3,6-7H2,1H3,(H,16,22). The number of hydrogen-bond acceptors (Lipinski definition) is 4. The number of benzene rings is 1. The van der Waals surface area contributed by atoms with Gasteiger partial charge in [0.1, 0.15) is 5.82 Å². The first-order valence-corrected chi connectivity index (χ1v) is 7.30. The third-order valence-corrected chi connectivity index (χ3v) is 3.13. The molecule has 0 saturated heterocycles. The Bertz CT molecular complexity index is 687. The maximum absolute atomic E-state index is 13.3. The van der Waals surface area contributed by atoms with Gasteiger partial charge in [-0.1, -0.05) is 0 Å². The number of rotatable bonds is 6. The van der Waals surface area contributed by atoms with Crippen LogP contribution in [-0.4, -0.2) is 35.0 Å². The number of nitrogens with one attached hydrogen (secondary N) is 2. The fourth-order valence-electron chi connectivity index (χ4n) is 1.88. The molecule has 1 aromatic heterocycles. The van der Waals surface area contributed by atoms with Crippen LogP contribution in [0.25, 0.3) is 10.9 Å². The molecule has 0 radical (unpaired) electrons. The van der Waals surface area contributed by atoms with Crippen molar-refractivity contribution < 1.29 is 14.2 Å². The summed E-state index contributed by atoms with van der Waals surface area (Å²) in [5, 5.41) is 21.1. The average Bonchev–Trinajstić information content (AvgIpc) is 2.80. The van der Waals surface area contributed by atoms with E-state index >= 15 is 0 Å². The van der Waals surface area contributed by atoms with E-state index in [4.69, 9.17) is 17.0 Å². The van der Waals surface area contributed by atoms with E-state index in [9.17, 15) is 9.50 Å². The molecule has 6 nitrogen and oxygen atoms in total. The van der Waals surface area contributed by atoms with Crippen LogP contribution in [0.1, 0.15) is 13.3 Å². The third kappa shape index (κ3) is 4.22. The van der Waals surface area contributed by atoms with Crippen molar-refractivity contribution in [2.45, 2.75) is 13.3 Å². The number of azo groups is 1. The van der Waals surface area contributed by atoms with Gasteiger partial charge in [-0.25, -0.2) is 4.39 Å². The highest BCUT2D eigenvalue weighted by atomic mass is 32.1. The number of fused-ring (bicyclic) bond motifs is 1. The summed E-state index contributed by atoms with van der Waals surface area (Å²) in [6.45, 7) is 3.88. The molecule has 0 aliphatic rings. The molecule has 0 atom stereocenters. The Morgan fingerprint density at radius 3 is 3.09 bits per heavy atom. The Morgan fingerprint density at radius 2 is 2.32 bits per heavy atom. The molecular weight excluding hydrogens is 307 g/mol. The number of aromatic nitrogens is 1. The van der Waals surface area contributed by atoms with Gasteiger partial charge in [0, 0.05) is 25.1 Å². The van der Waals surface area contributed by atoms with Gasteiger partial charge < -0.3 is 20.1 Å². The largest absolute Gasteiger partial charge is 0.493 e. The Balaban J connectivity index is 1.99. The second-order valence-electron chi connectivity index (χ2n) is 4.49. The number of ether oxygens (including phenoxy) is 1. The van der Waals surface area contributed by atoms with Gasteiger partial charge in [0.25, 0.3) is 0 Å². The molecular formula is C14H17FN4O2S. The minimum Gasteiger partial charge on any atom is -0.493 e. The van der Waals surface area contributed by atoms with E-state index < -0.39 is 5.82 Å². The molecule has 118 valence electrons. The summed E-state index contributed by atoms with van der Waals surface area (Å²) in [5.41, 5.74) is 0.733. The molecule has 3 N–H and O–H groups in total. The van der Waals surface area contributed by atoms with Crippen LogP contribution in [0.15, 0.2) is 28.4 Å². The zero-order valence-corrected chi connectivity index (χ0v) is 12.9. The topological polar surface area (TPSA) is 82.0 Å². The number of halogens is 1. The summed E-state index contributed by atoms with van der Waals surface area (Å²) < 4.78 is 18.5. The van der Waals surface area contributed by atoms with Crippen molar-refractivity contribution >= 4 is 33.9 Å². The maximum atomic E-state index is 13.3. The van der Waals surface area contributed by atoms with Crippen LogP contribution >= 0.6 is 12.2 Å². The molecule has 22 heavy (non-hydrogen) atoms. The van der Waals surface area contributed by atoms with E-state index in [-0.39, 0.29) is 16.7 Å². The predicted octanol–water partition coefficient (Wildman–Crippen LogP) is 3.40. The molecule has 1 heterocycles. The molecule has 8 heteroatoms. The normalized spacial score (nSPS) is 11.4. The summed E-state index contributed by atoms with van der Waals surface area (Å²) in [4.78, 5) is 2.70. The predicted molar refractivity (Wildman–Crippen MR) is 86.1 cm³/mol. The molecule has 0 amide bonds. The summed E-state index contributed by atoms with van der Waals surface area (Å²) >= 11 is 5.02. The molecule has 0 spiro atoms. The highest BCUT2D eigenvalue weighted by molar-refractivity contribution is 7.80. The zero-order valence-electron chi connectivity index (χ0n) is 12.1. The molecule has 0 aliphatic carbocycles. The molecule has 0 fully saturated rings.